The number of hydrogen-bond donors (Lipinski definition) is 0. The number of benzene rings is 7. The van der Waals surface area contributed by atoms with E-state index in [2.05, 4.69) is 146 Å². The Morgan fingerprint density at radius 2 is 1.25 bits per heavy atom. The van der Waals surface area contributed by atoms with E-state index in [0.29, 0.717) is 22.7 Å². The molecule has 6 heteroatoms. The number of nitrogens with zero attached hydrogens (tertiary/aromatic N) is 3. The largest absolute Gasteiger partial charge is 0.456 e. The molecule has 0 saturated heterocycles. The molecule has 0 fully saturated rings. The van der Waals surface area contributed by atoms with Crippen molar-refractivity contribution in [1.82, 2.24) is 15.0 Å². The van der Waals surface area contributed by atoms with Gasteiger partial charge in [-0.2, -0.15) is 0 Å². The first-order valence-electron chi connectivity index (χ1n) is 18.5. The molecule has 258 valence electrons. The molecule has 2 aliphatic rings. The van der Waals surface area contributed by atoms with Crippen molar-refractivity contribution in [2.45, 2.75) is 16.6 Å². The van der Waals surface area contributed by atoms with Crippen molar-refractivity contribution in [2.75, 3.05) is 0 Å². The van der Waals surface area contributed by atoms with Crippen molar-refractivity contribution in [1.29, 1.82) is 0 Å². The summed E-state index contributed by atoms with van der Waals surface area (Å²) in [7, 11) is 0. The first-order chi connectivity index (χ1) is 27.2. The maximum Gasteiger partial charge on any atom is 0.165 e. The highest BCUT2D eigenvalue weighted by Gasteiger charge is 2.32. The number of thioether (sulfide) groups is 1. The highest BCUT2D eigenvalue weighted by atomic mass is 32.2. The van der Waals surface area contributed by atoms with Gasteiger partial charge in [-0.25, -0.2) is 15.0 Å². The Hall–Kier alpha value is -6.34. The van der Waals surface area contributed by atoms with Crippen molar-refractivity contribution >= 4 is 87.1 Å². The van der Waals surface area contributed by atoms with E-state index in [0.717, 1.165) is 56.0 Å². The van der Waals surface area contributed by atoms with Crippen LogP contribution in [0.1, 0.15) is 17.5 Å². The predicted molar refractivity (Wildman–Crippen MR) is 230 cm³/mol. The van der Waals surface area contributed by atoms with Gasteiger partial charge < -0.3 is 4.42 Å². The quantitative estimate of drug-likeness (QED) is 0.180. The molecule has 55 heavy (non-hydrogen) atoms. The highest BCUT2D eigenvalue weighted by Crippen LogP contribution is 2.51. The van der Waals surface area contributed by atoms with Crippen LogP contribution in [-0.4, -0.2) is 20.2 Å². The summed E-state index contributed by atoms with van der Waals surface area (Å²) in [4.78, 5) is 17.4. The molecule has 10 aromatic rings. The number of fused-ring (bicyclic) bond motifs is 10. The van der Waals surface area contributed by atoms with Crippen LogP contribution in [0.2, 0.25) is 0 Å². The van der Waals surface area contributed by atoms with Gasteiger partial charge in [-0.15, -0.1) is 23.1 Å². The number of allylic oxidation sites excluding steroid dienone is 3. The van der Waals surface area contributed by atoms with E-state index in [4.69, 9.17) is 19.4 Å². The van der Waals surface area contributed by atoms with Crippen LogP contribution in [0.25, 0.3) is 98.2 Å². The summed E-state index contributed by atoms with van der Waals surface area (Å²) in [6, 6.07) is 51.5. The molecule has 1 unspecified atom stereocenters. The lowest BCUT2D eigenvalue weighted by Crippen LogP contribution is -2.07. The Kier molecular flexibility index (Phi) is 6.82. The fourth-order valence-electron chi connectivity index (χ4n) is 8.46. The molecule has 1 aliphatic carbocycles. The first kappa shape index (κ1) is 31.1. The van der Waals surface area contributed by atoms with Gasteiger partial charge in [-0.3, -0.25) is 0 Å². The van der Waals surface area contributed by atoms with Crippen LogP contribution >= 0.6 is 23.1 Å². The van der Waals surface area contributed by atoms with E-state index in [-0.39, 0.29) is 0 Å². The Balaban J connectivity index is 1.12. The maximum atomic E-state index is 6.52. The van der Waals surface area contributed by atoms with Crippen LogP contribution in [-0.2, 0) is 0 Å². The number of hydrogen-bond acceptors (Lipinski definition) is 6. The number of furan rings is 1. The average Bonchev–Trinajstić information content (AvgIpc) is 3.93. The molecule has 12 rings (SSSR count). The molecule has 0 amide bonds. The zero-order valence-electron chi connectivity index (χ0n) is 29.4. The molecule has 0 N–H and O–H groups in total. The minimum atomic E-state index is 0.345. The predicted octanol–water partition coefficient (Wildman–Crippen LogP) is 13.6. The smallest absolute Gasteiger partial charge is 0.165 e. The fourth-order valence-corrected chi connectivity index (χ4v) is 11.0. The van der Waals surface area contributed by atoms with E-state index in [1.807, 2.05) is 23.9 Å². The van der Waals surface area contributed by atoms with Gasteiger partial charge in [0.25, 0.3) is 0 Å². The monoisotopic (exact) mass is 739 g/mol. The number of aromatic nitrogens is 3. The SMILES string of the molecule is C1=C(c2ccc3oc4ccccc4c3c2-c2nc(-c3ccc4ccccc4c3)nc(-c3ccc4c(c3)sc3ccccc34)n2)CC2Sc3ccccc3C2=C1. The summed E-state index contributed by atoms with van der Waals surface area (Å²) < 4.78 is 9.00. The van der Waals surface area contributed by atoms with Crippen molar-refractivity contribution in [2.24, 2.45) is 0 Å². The molecular weight excluding hydrogens is 711 g/mol. The molecule has 1 aliphatic heterocycles. The van der Waals surface area contributed by atoms with Crippen LogP contribution in [0.4, 0.5) is 0 Å². The zero-order chi connectivity index (χ0) is 36.0. The van der Waals surface area contributed by atoms with E-state index in [1.165, 1.54) is 47.2 Å². The highest BCUT2D eigenvalue weighted by molar-refractivity contribution is 8.00. The fraction of sp³-hybridized carbons (Fsp3) is 0.0408. The minimum absolute atomic E-state index is 0.345. The third kappa shape index (κ3) is 4.95. The Labute approximate surface area is 324 Å². The summed E-state index contributed by atoms with van der Waals surface area (Å²) >= 11 is 3.77. The van der Waals surface area contributed by atoms with E-state index in [9.17, 15) is 0 Å². The molecule has 3 aromatic heterocycles. The Morgan fingerprint density at radius 1 is 0.527 bits per heavy atom. The Morgan fingerprint density at radius 3 is 2.18 bits per heavy atom. The second kappa shape index (κ2) is 12.1. The van der Waals surface area contributed by atoms with E-state index >= 15 is 0 Å². The molecule has 0 spiro atoms. The van der Waals surface area contributed by atoms with Gasteiger partial charge in [0.05, 0.1) is 0 Å². The molecule has 7 aromatic carbocycles. The third-order valence-electron chi connectivity index (χ3n) is 11.1. The number of thiophene rings is 1. The summed E-state index contributed by atoms with van der Waals surface area (Å²) in [5.74, 6) is 1.92. The van der Waals surface area contributed by atoms with Crippen molar-refractivity contribution < 1.29 is 4.42 Å². The van der Waals surface area contributed by atoms with Gasteiger partial charge in [-0.1, -0.05) is 121 Å². The lowest BCUT2D eigenvalue weighted by atomic mass is 9.86. The summed E-state index contributed by atoms with van der Waals surface area (Å²) in [6.07, 6.45) is 5.53. The third-order valence-corrected chi connectivity index (χ3v) is 13.5. The molecule has 1 atom stereocenters. The standard InChI is InChI=1S/C49H29N3OS2/c1-2-10-29-25-31(18-17-28(29)9-1)47-50-48(32-20-22-37-35-12-5-8-16-42(35)55-44(37)27-32)52-49(51-47)46-33(23-24-40-45(46)38-13-3-6-14-39(38)53-40)30-19-21-36-34-11-4-7-15-41(34)54-43(36)26-30/h1-25,27,43H,26H2. The van der Waals surface area contributed by atoms with E-state index in [1.54, 1.807) is 11.3 Å². The number of para-hydroxylation sites is 1. The molecular formula is C49H29N3OS2. The normalized spacial score (nSPS) is 15.2. The molecule has 0 saturated carbocycles. The van der Waals surface area contributed by atoms with Gasteiger partial charge >= 0.3 is 0 Å². The Bertz CT molecular complexity index is 3300. The van der Waals surface area contributed by atoms with Crippen molar-refractivity contribution in [3.63, 3.8) is 0 Å². The van der Waals surface area contributed by atoms with Crippen LogP contribution in [0.5, 0.6) is 0 Å². The summed E-state index contributed by atoms with van der Waals surface area (Å²) in [6.45, 7) is 0. The second-order valence-electron chi connectivity index (χ2n) is 14.3. The van der Waals surface area contributed by atoms with E-state index < -0.39 is 0 Å². The van der Waals surface area contributed by atoms with Crippen molar-refractivity contribution in [3.05, 3.63) is 169 Å². The molecule has 0 radical (unpaired) electrons. The van der Waals surface area contributed by atoms with Gasteiger partial charge in [0, 0.05) is 57.8 Å². The first-order valence-corrected chi connectivity index (χ1v) is 20.2. The zero-order valence-corrected chi connectivity index (χ0v) is 31.0. The average molecular weight is 740 g/mol. The minimum Gasteiger partial charge on any atom is -0.456 e. The van der Waals surface area contributed by atoms with Crippen molar-refractivity contribution in [3.8, 4) is 34.2 Å². The van der Waals surface area contributed by atoms with Gasteiger partial charge in [0.2, 0.25) is 0 Å². The number of rotatable bonds is 4. The molecule has 0 bridgehead atoms. The summed E-state index contributed by atoms with van der Waals surface area (Å²) in [5.41, 5.74) is 9.67. The van der Waals surface area contributed by atoms with Crippen LogP contribution < -0.4 is 0 Å². The van der Waals surface area contributed by atoms with Gasteiger partial charge in [0.1, 0.15) is 11.2 Å². The molecule has 4 heterocycles. The van der Waals surface area contributed by atoms with Crippen LogP contribution in [0.15, 0.2) is 167 Å². The maximum absolute atomic E-state index is 6.52. The van der Waals surface area contributed by atoms with Gasteiger partial charge in [0.15, 0.2) is 17.5 Å². The van der Waals surface area contributed by atoms with Gasteiger partial charge in [-0.05, 0) is 75.9 Å². The lowest BCUT2D eigenvalue weighted by molar-refractivity contribution is 0.669. The molecule has 4 nitrogen and oxygen atoms in total. The second-order valence-corrected chi connectivity index (χ2v) is 16.6. The summed E-state index contributed by atoms with van der Waals surface area (Å²) in [5, 5.41) is 7.25. The van der Waals surface area contributed by atoms with Crippen LogP contribution in [0, 0.1) is 0 Å². The lowest BCUT2D eigenvalue weighted by Gasteiger charge is -2.21. The van der Waals surface area contributed by atoms with Crippen LogP contribution in [0.3, 0.4) is 0 Å². The topological polar surface area (TPSA) is 51.8 Å².